The van der Waals surface area contributed by atoms with Gasteiger partial charge in [0.05, 0.1) is 80.4 Å². The summed E-state index contributed by atoms with van der Waals surface area (Å²) in [7, 11) is 0. The molecule has 0 atom stereocenters. The van der Waals surface area contributed by atoms with E-state index in [0.29, 0.717) is 33.4 Å². The second-order valence-electron chi connectivity index (χ2n) is 12.4. The van der Waals surface area contributed by atoms with Crippen LogP contribution >= 0.6 is 0 Å². The molecule has 0 saturated carbocycles. The third-order valence-electron chi connectivity index (χ3n) is 9.20. The molecule has 3 aromatic heterocycles. The summed E-state index contributed by atoms with van der Waals surface area (Å²) < 4.78 is 10.9. The van der Waals surface area contributed by atoms with Crippen LogP contribution in [0.15, 0.2) is 126 Å². The maximum absolute atomic E-state index is 9.62. The molecule has 0 aliphatic heterocycles. The molecule has 0 unspecified atom stereocenters. The Morgan fingerprint density at radius 2 is 0.962 bits per heavy atom. The van der Waals surface area contributed by atoms with Gasteiger partial charge in [-0.25, -0.2) is 0 Å². The van der Waals surface area contributed by atoms with E-state index in [1.165, 1.54) is 0 Å². The Morgan fingerprint density at radius 1 is 0.519 bits per heavy atom. The van der Waals surface area contributed by atoms with Crippen molar-refractivity contribution in [1.82, 2.24) is 9.13 Å². The van der Waals surface area contributed by atoms with Crippen LogP contribution in [0.5, 0.6) is 0 Å². The van der Waals surface area contributed by atoms with Crippen LogP contribution in [-0.4, -0.2) is 9.13 Å². The lowest BCUT2D eigenvalue weighted by Gasteiger charge is -2.09. The molecule has 6 aromatic carbocycles. The fraction of sp³-hybridized carbons (Fsp3) is 0.0227. The number of furan rings is 1. The van der Waals surface area contributed by atoms with Crippen molar-refractivity contribution in [1.29, 1.82) is 26.3 Å². The zero-order chi connectivity index (χ0) is 36.1. The minimum absolute atomic E-state index is 0.547. The van der Waals surface area contributed by atoms with E-state index in [0.717, 1.165) is 71.3 Å². The van der Waals surface area contributed by atoms with Crippen LogP contribution in [0.1, 0.15) is 29.2 Å². The third-order valence-corrected chi connectivity index (χ3v) is 9.20. The van der Waals surface area contributed by atoms with Crippen LogP contribution < -0.4 is 0 Å². The summed E-state index contributed by atoms with van der Waals surface area (Å²) in [5, 5.41) is 51.7. The fourth-order valence-electron chi connectivity index (χ4n) is 6.95. The molecule has 3 heterocycles. The normalized spacial score (nSPS) is 10.8. The van der Waals surface area contributed by atoms with E-state index in [9.17, 15) is 21.0 Å². The third kappa shape index (κ3) is 4.80. The summed E-state index contributed by atoms with van der Waals surface area (Å²) in [6, 6.07) is 45.5. The number of hydrogen-bond acceptors (Lipinski definition) is 6. The number of aromatic nitrogens is 2. The van der Waals surface area contributed by atoms with Crippen molar-refractivity contribution < 1.29 is 4.42 Å². The highest BCUT2D eigenvalue weighted by Crippen LogP contribution is 2.40. The lowest BCUT2D eigenvalue weighted by Crippen LogP contribution is -1.94. The van der Waals surface area contributed by atoms with Crippen LogP contribution in [0.25, 0.3) is 76.9 Å². The highest BCUT2D eigenvalue weighted by Gasteiger charge is 2.20. The lowest BCUT2D eigenvalue weighted by atomic mass is 10.1. The molecule has 0 aliphatic carbocycles. The Hall–Kier alpha value is -8.09. The first-order valence-corrected chi connectivity index (χ1v) is 16.2. The zero-order valence-corrected chi connectivity index (χ0v) is 27.6. The highest BCUT2D eigenvalue weighted by molar-refractivity contribution is 6.14. The van der Waals surface area contributed by atoms with E-state index in [-0.39, 0.29) is 0 Å². The summed E-state index contributed by atoms with van der Waals surface area (Å²) in [6.45, 7) is 4.98. The molecule has 9 aromatic rings. The molecule has 0 aliphatic rings. The second-order valence-corrected chi connectivity index (χ2v) is 12.4. The quantitative estimate of drug-likeness (QED) is 0.168. The molecular weight excluding hydrogens is 643 g/mol. The average Bonchev–Trinajstić information content (AvgIpc) is 3.84. The second kappa shape index (κ2) is 12.1. The summed E-state index contributed by atoms with van der Waals surface area (Å²) in [5.41, 5.74) is 9.65. The van der Waals surface area contributed by atoms with Crippen LogP contribution in [0, 0.1) is 56.7 Å². The Kier molecular flexibility index (Phi) is 7.26. The van der Waals surface area contributed by atoms with Gasteiger partial charge in [0.15, 0.2) is 5.58 Å². The van der Waals surface area contributed by atoms with Gasteiger partial charge in [-0.3, -0.25) is 0 Å². The van der Waals surface area contributed by atoms with Crippen molar-refractivity contribution >= 4 is 65.6 Å². The molecule has 240 valence electrons. The molecule has 0 N–H and O–H groups in total. The van der Waals surface area contributed by atoms with Crippen molar-refractivity contribution in [2.45, 2.75) is 6.92 Å². The Bertz CT molecular complexity index is 3080. The van der Waals surface area contributed by atoms with E-state index in [2.05, 4.69) is 46.1 Å². The van der Waals surface area contributed by atoms with E-state index < -0.39 is 0 Å². The topological polar surface area (TPSA) is 142 Å². The predicted molar refractivity (Wildman–Crippen MR) is 202 cm³/mol. The van der Waals surface area contributed by atoms with Crippen molar-refractivity contribution in [3.63, 3.8) is 0 Å². The SMILES string of the molecule is C=C(C)C#N.N#Cc1ccc2c(c1)c1cc(C#N)ccc1n2-c1ccc2oc3c(-n4c5ccc(C#N)cc5c5cc(C#N)ccc54)cccc3c2c1. The fourth-order valence-corrected chi connectivity index (χ4v) is 6.95. The van der Waals surface area contributed by atoms with E-state index >= 15 is 0 Å². The molecule has 8 heteroatoms. The Balaban J connectivity index is 0.000000727. The minimum Gasteiger partial charge on any atom is -0.454 e. The average molecular weight is 666 g/mol. The summed E-state index contributed by atoms with van der Waals surface area (Å²) in [5.74, 6) is 0. The smallest absolute Gasteiger partial charge is 0.159 e. The first-order valence-electron chi connectivity index (χ1n) is 16.2. The maximum atomic E-state index is 9.62. The number of hydrogen-bond donors (Lipinski definition) is 0. The van der Waals surface area contributed by atoms with Crippen LogP contribution in [-0.2, 0) is 0 Å². The summed E-state index contributed by atoms with van der Waals surface area (Å²) >= 11 is 0. The van der Waals surface area contributed by atoms with Crippen molar-refractivity contribution in [3.8, 4) is 41.7 Å². The summed E-state index contributed by atoms with van der Waals surface area (Å²) in [4.78, 5) is 0. The molecule has 8 nitrogen and oxygen atoms in total. The van der Waals surface area contributed by atoms with Crippen molar-refractivity contribution in [2.24, 2.45) is 0 Å². The van der Waals surface area contributed by atoms with E-state index in [1.54, 1.807) is 19.1 Å². The molecule has 0 amide bonds. The standard InChI is InChI=1S/C40H18N6O.C4H5N/c41-19-23-4-9-34-29(14-23)30-15-24(20-42)5-10-35(30)45(34)27-8-13-39-33(18-27)28-2-1-3-38(40(28)47-39)46-36-11-6-25(21-43)16-31(36)32-17-26(22-44)7-12-37(32)46;1-4(2)3-5/h1-18H;1H2,2H3. The molecule has 0 bridgehead atoms. The van der Waals surface area contributed by atoms with Gasteiger partial charge in [-0.15, -0.1) is 0 Å². The van der Waals surface area contributed by atoms with Crippen LogP contribution in [0.4, 0.5) is 0 Å². The molecular formula is C44H23N7O. The van der Waals surface area contributed by atoms with Gasteiger partial charge in [-0.1, -0.05) is 18.7 Å². The monoisotopic (exact) mass is 665 g/mol. The first kappa shape index (κ1) is 31.2. The molecule has 0 saturated heterocycles. The van der Waals surface area contributed by atoms with Crippen LogP contribution in [0.3, 0.4) is 0 Å². The Morgan fingerprint density at radius 3 is 1.38 bits per heavy atom. The predicted octanol–water partition coefficient (Wildman–Crippen LogP) is 10.4. The van der Waals surface area contributed by atoms with E-state index in [4.69, 9.17) is 9.68 Å². The van der Waals surface area contributed by atoms with Crippen molar-refractivity contribution in [2.75, 3.05) is 0 Å². The number of rotatable bonds is 2. The largest absolute Gasteiger partial charge is 0.454 e. The highest BCUT2D eigenvalue weighted by atomic mass is 16.3. The number of nitriles is 5. The molecule has 0 radical (unpaired) electrons. The van der Waals surface area contributed by atoms with Gasteiger partial charge >= 0.3 is 0 Å². The van der Waals surface area contributed by atoms with Gasteiger partial charge in [0.1, 0.15) is 5.58 Å². The van der Waals surface area contributed by atoms with Crippen molar-refractivity contribution in [3.05, 3.63) is 144 Å². The molecule has 0 spiro atoms. The number of fused-ring (bicyclic) bond motifs is 9. The minimum atomic E-state index is 0.547. The van der Waals surface area contributed by atoms with Gasteiger partial charge in [-0.2, -0.15) is 26.3 Å². The molecule has 9 rings (SSSR count). The molecule has 0 fully saturated rings. The van der Waals surface area contributed by atoms with Gasteiger partial charge in [0.2, 0.25) is 0 Å². The maximum Gasteiger partial charge on any atom is 0.159 e. The number of allylic oxidation sites excluding steroid dienone is 1. The lowest BCUT2D eigenvalue weighted by molar-refractivity contribution is 0.666. The van der Waals surface area contributed by atoms with Gasteiger partial charge < -0.3 is 13.6 Å². The Labute approximate surface area is 296 Å². The first-order chi connectivity index (χ1) is 25.4. The van der Waals surface area contributed by atoms with E-state index in [1.807, 2.05) is 97.1 Å². The number of nitrogens with zero attached hydrogens (tertiary/aromatic N) is 7. The number of para-hydroxylation sites is 1. The zero-order valence-electron chi connectivity index (χ0n) is 27.6. The number of benzene rings is 6. The summed E-state index contributed by atoms with van der Waals surface area (Å²) in [6.07, 6.45) is 0. The van der Waals surface area contributed by atoms with Crippen LogP contribution in [0.2, 0.25) is 0 Å². The molecule has 52 heavy (non-hydrogen) atoms. The van der Waals surface area contributed by atoms with Gasteiger partial charge in [-0.05, 0) is 104 Å². The van der Waals surface area contributed by atoms with Gasteiger partial charge in [0.25, 0.3) is 0 Å². The van der Waals surface area contributed by atoms with Gasteiger partial charge in [0, 0.05) is 43.6 Å².